The second kappa shape index (κ2) is 22.9. The molecule has 1 fully saturated rings. The van der Waals surface area contributed by atoms with E-state index in [2.05, 4.69) is 13.8 Å². The molecule has 0 saturated carbocycles. The Morgan fingerprint density at radius 1 is 0.944 bits per heavy atom. The van der Waals surface area contributed by atoms with Gasteiger partial charge in [-0.05, 0) is 69.4 Å². The third-order valence-electron chi connectivity index (χ3n) is 12.0. The van der Waals surface area contributed by atoms with Crippen LogP contribution in [0.15, 0.2) is 30.3 Å². The molecule has 3 amide bonds. The van der Waals surface area contributed by atoms with Gasteiger partial charge >= 0.3 is 5.97 Å². The maximum absolute atomic E-state index is 14.3. The summed E-state index contributed by atoms with van der Waals surface area (Å²) in [4.78, 5) is 73.8. The Bertz CT molecular complexity index is 1340. The molecular weight excluding hydrogens is 684 g/mol. The SMILES string of the molecule is CC[C@H](C)[C@@H]([C@@H](CC(=O)N1CCC[C@H]1[C@H](C)[C@@H](C)C(=O)C[C@@H](Cc1ccccc1)C(=O)OC)OC)N(C)C(=O)[C@@H](CC(=O)N(CCCN)C(C)C)C(C)C. The van der Waals surface area contributed by atoms with Gasteiger partial charge in [-0.1, -0.05) is 78.3 Å². The lowest BCUT2D eigenvalue weighted by Gasteiger charge is -2.41. The number of esters is 1. The van der Waals surface area contributed by atoms with Gasteiger partial charge in [0.1, 0.15) is 5.78 Å². The summed E-state index contributed by atoms with van der Waals surface area (Å²) in [5, 5.41) is 0. The zero-order valence-electron chi connectivity index (χ0n) is 35.2. The second-order valence-electron chi connectivity index (χ2n) is 16.2. The van der Waals surface area contributed by atoms with E-state index in [4.69, 9.17) is 15.2 Å². The first-order chi connectivity index (χ1) is 25.5. The molecule has 1 aliphatic rings. The molecule has 2 rings (SSSR count). The van der Waals surface area contributed by atoms with Crippen molar-refractivity contribution in [1.29, 1.82) is 0 Å². The first-order valence-electron chi connectivity index (χ1n) is 20.3. The van der Waals surface area contributed by atoms with E-state index in [1.54, 1.807) is 19.1 Å². The molecule has 54 heavy (non-hydrogen) atoms. The highest BCUT2D eigenvalue weighted by Gasteiger charge is 2.42. The predicted octanol–water partition coefficient (Wildman–Crippen LogP) is 5.77. The van der Waals surface area contributed by atoms with Gasteiger partial charge < -0.3 is 29.9 Å². The molecule has 1 aliphatic heterocycles. The Balaban J connectivity index is 2.24. The van der Waals surface area contributed by atoms with Crippen molar-refractivity contribution in [3.05, 3.63) is 35.9 Å². The minimum absolute atomic E-state index is 0.00362. The van der Waals surface area contributed by atoms with Crippen molar-refractivity contribution in [3.63, 3.8) is 0 Å². The molecule has 0 spiro atoms. The summed E-state index contributed by atoms with van der Waals surface area (Å²) in [5.41, 5.74) is 6.70. The molecule has 8 atom stereocenters. The van der Waals surface area contributed by atoms with Gasteiger partial charge in [0.05, 0.1) is 31.6 Å². The normalized spacial score (nSPS) is 18.4. The zero-order valence-corrected chi connectivity index (χ0v) is 35.2. The van der Waals surface area contributed by atoms with Gasteiger partial charge in [-0.3, -0.25) is 24.0 Å². The molecular formula is C43H72N4O7. The zero-order chi connectivity index (χ0) is 40.7. The van der Waals surface area contributed by atoms with Crippen LogP contribution >= 0.6 is 0 Å². The lowest BCUT2D eigenvalue weighted by Crippen LogP contribution is -2.53. The first-order valence-corrected chi connectivity index (χ1v) is 20.3. The predicted molar refractivity (Wildman–Crippen MR) is 213 cm³/mol. The summed E-state index contributed by atoms with van der Waals surface area (Å²) in [6, 6.07) is 9.08. The average molecular weight is 757 g/mol. The fourth-order valence-electron chi connectivity index (χ4n) is 8.13. The van der Waals surface area contributed by atoms with E-state index in [0.717, 1.165) is 24.8 Å². The van der Waals surface area contributed by atoms with Gasteiger partial charge in [-0.2, -0.15) is 0 Å². The molecule has 0 aromatic heterocycles. The largest absolute Gasteiger partial charge is 0.469 e. The van der Waals surface area contributed by atoms with Gasteiger partial charge in [-0.15, -0.1) is 0 Å². The number of benzene rings is 1. The summed E-state index contributed by atoms with van der Waals surface area (Å²) in [6.07, 6.45) is 3.17. The minimum atomic E-state index is -0.584. The molecule has 1 saturated heterocycles. The number of nitrogens with two attached hydrogens (primary N) is 1. The van der Waals surface area contributed by atoms with Crippen molar-refractivity contribution in [1.82, 2.24) is 14.7 Å². The molecule has 0 aliphatic carbocycles. The summed E-state index contributed by atoms with van der Waals surface area (Å²) in [7, 11) is 4.71. The van der Waals surface area contributed by atoms with E-state index in [1.807, 2.05) is 81.7 Å². The van der Waals surface area contributed by atoms with Crippen LogP contribution in [0.3, 0.4) is 0 Å². The van der Waals surface area contributed by atoms with Crippen LogP contribution in [-0.2, 0) is 39.9 Å². The minimum Gasteiger partial charge on any atom is -0.469 e. The maximum Gasteiger partial charge on any atom is 0.309 e. The van der Waals surface area contributed by atoms with Gasteiger partial charge in [0.15, 0.2) is 0 Å². The smallest absolute Gasteiger partial charge is 0.309 e. The van der Waals surface area contributed by atoms with Gasteiger partial charge in [0.25, 0.3) is 0 Å². The van der Waals surface area contributed by atoms with Gasteiger partial charge in [0, 0.05) is 64.0 Å². The third kappa shape index (κ3) is 12.9. The molecule has 1 aromatic rings. The Kier molecular flexibility index (Phi) is 19.9. The molecule has 1 aromatic carbocycles. The van der Waals surface area contributed by atoms with Crippen molar-refractivity contribution in [3.8, 4) is 0 Å². The van der Waals surface area contributed by atoms with Crippen LogP contribution in [0.25, 0.3) is 0 Å². The average Bonchev–Trinajstić information content (AvgIpc) is 3.65. The van der Waals surface area contributed by atoms with Crippen molar-refractivity contribution in [2.24, 2.45) is 41.2 Å². The Labute approximate surface area is 326 Å². The molecule has 0 radical (unpaired) electrons. The fraction of sp³-hybridized carbons (Fsp3) is 0.744. The Morgan fingerprint density at radius 2 is 1.59 bits per heavy atom. The molecule has 2 N–H and O–H groups in total. The Hall–Kier alpha value is -3.31. The molecule has 11 heteroatoms. The first kappa shape index (κ1) is 46.8. The van der Waals surface area contributed by atoms with Crippen molar-refractivity contribution < 1.29 is 33.4 Å². The number of Topliss-reactive ketones (excluding diaryl/α,β-unsaturated/α-hetero) is 1. The number of likely N-dealkylation sites (N-methyl/N-ethyl adjacent to an activating group) is 1. The molecule has 0 bridgehead atoms. The van der Waals surface area contributed by atoms with Gasteiger partial charge in [0.2, 0.25) is 17.7 Å². The number of carbonyl (C=O) groups excluding carboxylic acids is 5. The van der Waals surface area contributed by atoms with Crippen LogP contribution in [0.1, 0.15) is 106 Å². The second-order valence-corrected chi connectivity index (χ2v) is 16.2. The highest BCUT2D eigenvalue weighted by Crippen LogP contribution is 2.33. The summed E-state index contributed by atoms with van der Waals surface area (Å²) < 4.78 is 11.1. The molecule has 306 valence electrons. The number of likely N-dealkylation sites (tertiary alicyclic amines) is 1. The van der Waals surface area contributed by atoms with Crippen molar-refractivity contribution in [2.45, 2.75) is 131 Å². The molecule has 11 nitrogen and oxygen atoms in total. The van der Waals surface area contributed by atoms with E-state index >= 15 is 0 Å². The van der Waals surface area contributed by atoms with Crippen molar-refractivity contribution >= 4 is 29.5 Å². The number of ether oxygens (including phenoxy) is 2. The third-order valence-corrected chi connectivity index (χ3v) is 12.0. The number of rotatable bonds is 23. The topological polar surface area (TPSA) is 140 Å². The number of ketones is 1. The number of nitrogens with zero attached hydrogens (tertiary/aromatic N) is 3. The van der Waals surface area contributed by atoms with Crippen LogP contribution in [0.5, 0.6) is 0 Å². The number of methoxy groups -OCH3 is 2. The summed E-state index contributed by atoms with van der Waals surface area (Å²) in [6.45, 7) is 17.6. The fourth-order valence-corrected chi connectivity index (χ4v) is 8.13. The summed E-state index contributed by atoms with van der Waals surface area (Å²) >= 11 is 0. The number of carbonyl (C=O) groups is 5. The molecule has 1 heterocycles. The van der Waals surface area contributed by atoms with E-state index in [9.17, 15) is 24.0 Å². The standard InChI is InChI=1S/C43H72N4O7/c1-12-30(6)41(45(9)42(51)35(28(2)3)26-39(49)46(29(4)5)23-17-21-44)38(53-10)27-40(50)47-22-16-20-36(47)31(7)32(8)37(48)25-34(43(52)54-11)24-33-18-14-13-15-19-33/h13-15,18-19,28-32,34-36,38,41H,12,16-17,20-27,44H2,1-11H3/t30-,31+,32+,34+,35-,36-,38+,41-/m0/s1. The van der Waals surface area contributed by atoms with Crippen LogP contribution in [-0.4, -0.2) is 109 Å². The van der Waals surface area contributed by atoms with E-state index in [-0.39, 0.29) is 78.5 Å². The van der Waals surface area contributed by atoms with E-state index in [0.29, 0.717) is 32.5 Å². The number of amides is 3. The van der Waals surface area contributed by atoms with Crippen LogP contribution in [0.2, 0.25) is 0 Å². The van der Waals surface area contributed by atoms with Crippen LogP contribution < -0.4 is 5.73 Å². The van der Waals surface area contributed by atoms with Crippen molar-refractivity contribution in [2.75, 3.05) is 40.9 Å². The van der Waals surface area contributed by atoms with Crippen LogP contribution in [0.4, 0.5) is 0 Å². The van der Waals surface area contributed by atoms with E-state index < -0.39 is 30.0 Å². The number of hydrogen-bond donors (Lipinski definition) is 1. The van der Waals surface area contributed by atoms with E-state index in [1.165, 1.54) is 7.11 Å². The lowest BCUT2D eigenvalue weighted by molar-refractivity contribution is -0.149. The quantitative estimate of drug-likeness (QED) is 0.139. The summed E-state index contributed by atoms with van der Waals surface area (Å²) in [5.74, 6) is -2.36. The van der Waals surface area contributed by atoms with Crippen LogP contribution in [0, 0.1) is 35.5 Å². The molecule has 0 unspecified atom stereocenters. The lowest BCUT2D eigenvalue weighted by atomic mass is 9.81. The highest BCUT2D eigenvalue weighted by atomic mass is 16.5. The number of hydrogen-bond acceptors (Lipinski definition) is 8. The highest BCUT2D eigenvalue weighted by molar-refractivity contribution is 5.87. The Morgan fingerprint density at radius 3 is 2.13 bits per heavy atom. The maximum atomic E-state index is 14.3. The monoisotopic (exact) mass is 757 g/mol. The van der Waals surface area contributed by atoms with Gasteiger partial charge in [-0.25, -0.2) is 0 Å².